The Kier molecular flexibility index (Phi) is 6.39. The van der Waals surface area contributed by atoms with Crippen LogP contribution >= 0.6 is 11.6 Å². The van der Waals surface area contributed by atoms with Crippen molar-refractivity contribution in [1.29, 1.82) is 0 Å². The number of rotatable bonds is 7. The Morgan fingerprint density at radius 3 is 2.52 bits per heavy atom. The quantitative estimate of drug-likeness (QED) is 0.665. The van der Waals surface area contributed by atoms with E-state index >= 15 is 0 Å². The van der Waals surface area contributed by atoms with Crippen LogP contribution in [0.25, 0.3) is 0 Å². The second-order valence-corrected chi connectivity index (χ2v) is 6.41. The normalized spacial score (nSPS) is 10.4. The molecule has 2 aromatic carbocycles. The maximum absolute atomic E-state index is 12.4. The molecule has 0 spiro atoms. The van der Waals surface area contributed by atoms with E-state index in [0.29, 0.717) is 23.1 Å². The van der Waals surface area contributed by atoms with Gasteiger partial charge in [0.05, 0.1) is 0 Å². The Bertz CT molecular complexity index is 884. The first-order valence-electron chi connectivity index (χ1n) is 8.84. The molecule has 0 aliphatic rings. The number of nitrogens with zero attached hydrogens (tertiary/aromatic N) is 3. The van der Waals surface area contributed by atoms with Crippen molar-refractivity contribution >= 4 is 29.0 Å². The zero-order valence-corrected chi connectivity index (χ0v) is 15.9. The minimum atomic E-state index is -0.211. The molecule has 3 aromatic rings. The molecule has 0 aliphatic heterocycles. The number of carbonyl (C=O) groups excluding carboxylic acids is 1. The lowest BCUT2D eigenvalue weighted by Gasteiger charge is -2.22. The molecule has 1 heterocycles. The smallest absolute Gasteiger partial charge is 0.270 e. The molecule has 0 fully saturated rings. The Morgan fingerprint density at radius 1 is 1.07 bits per heavy atom. The van der Waals surface area contributed by atoms with Crippen molar-refractivity contribution < 1.29 is 4.79 Å². The zero-order chi connectivity index (χ0) is 19.1. The largest absolute Gasteiger partial charge is 0.350 e. The molecule has 1 amide bonds. The number of hydrogen-bond donors (Lipinski definition) is 1. The van der Waals surface area contributed by atoms with Gasteiger partial charge in [-0.15, -0.1) is 0 Å². The van der Waals surface area contributed by atoms with Gasteiger partial charge < -0.3 is 10.2 Å². The first kappa shape index (κ1) is 18.9. The molecule has 3 rings (SSSR count). The highest BCUT2D eigenvalue weighted by molar-refractivity contribution is 6.30. The maximum Gasteiger partial charge on any atom is 0.270 e. The number of nitrogens with one attached hydrogen (secondary N) is 1. The second-order valence-electron chi connectivity index (χ2n) is 5.97. The Balaban J connectivity index is 1.65. The van der Waals surface area contributed by atoms with Crippen molar-refractivity contribution in [1.82, 2.24) is 15.3 Å². The average Bonchev–Trinajstić information content (AvgIpc) is 2.71. The number of aromatic nitrogens is 2. The fraction of sp³-hybridized carbons (Fsp3) is 0.190. The SMILES string of the molecule is CCN(c1ccccc1)c1cc(C(=O)NCCc2ccc(Cl)cc2)ncn1. The standard InChI is InChI=1S/C21H21ClN4O/c1-2-26(18-6-4-3-5-7-18)20-14-19(24-15-25-20)21(27)23-13-12-16-8-10-17(22)11-9-16/h3-11,14-15H,2,12-13H2,1H3,(H,23,27). The molecule has 6 heteroatoms. The monoisotopic (exact) mass is 380 g/mol. The van der Waals surface area contributed by atoms with Crippen LogP contribution in [0.4, 0.5) is 11.5 Å². The van der Waals surface area contributed by atoms with Gasteiger partial charge in [-0.2, -0.15) is 0 Å². The van der Waals surface area contributed by atoms with E-state index in [2.05, 4.69) is 15.3 Å². The predicted octanol–water partition coefficient (Wildman–Crippen LogP) is 4.26. The van der Waals surface area contributed by atoms with Gasteiger partial charge in [-0.25, -0.2) is 9.97 Å². The van der Waals surface area contributed by atoms with E-state index in [9.17, 15) is 4.79 Å². The van der Waals surface area contributed by atoms with Crippen molar-refractivity contribution in [3.63, 3.8) is 0 Å². The highest BCUT2D eigenvalue weighted by atomic mass is 35.5. The average molecular weight is 381 g/mol. The van der Waals surface area contributed by atoms with Gasteiger partial charge in [0.2, 0.25) is 0 Å². The molecule has 0 saturated carbocycles. The molecule has 0 radical (unpaired) electrons. The number of amides is 1. The molecule has 138 valence electrons. The number of anilines is 2. The van der Waals surface area contributed by atoms with E-state index in [0.717, 1.165) is 24.2 Å². The van der Waals surface area contributed by atoms with Crippen LogP contribution in [0.1, 0.15) is 23.0 Å². The Labute approximate surface area is 164 Å². The van der Waals surface area contributed by atoms with Gasteiger partial charge in [0.25, 0.3) is 5.91 Å². The maximum atomic E-state index is 12.4. The summed E-state index contributed by atoms with van der Waals surface area (Å²) in [7, 11) is 0. The van der Waals surface area contributed by atoms with E-state index in [4.69, 9.17) is 11.6 Å². The lowest BCUT2D eigenvalue weighted by atomic mass is 10.1. The summed E-state index contributed by atoms with van der Waals surface area (Å²) in [6.07, 6.45) is 2.15. The summed E-state index contributed by atoms with van der Waals surface area (Å²) in [5.41, 5.74) is 2.49. The van der Waals surface area contributed by atoms with Gasteiger partial charge >= 0.3 is 0 Å². The number of halogens is 1. The third-order valence-electron chi connectivity index (χ3n) is 4.16. The summed E-state index contributed by atoms with van der Waals surface area (Å²) in [5.74, 6) is 0.485. The number of carbonyl (C=O) groups is 1. The molecule has 0 atom stereocenters. The highest BCUT2D eigenvalue weighted by Gasteiger charge is 2.13. The Morgan fingerprint density at radius 2 is 1.81 bits per heavy atom. The molecular weight excluding hydrogens is 360 g/mol. The third-order valence-corrected chi connectivity index (χ3v) is 4.41. The summed E-state index contributed by atoms with van der Waals surface area (Å²) < 4.78 is 0. The minimum absolute atomic E-state index is 0.211. The number of hydrogen-bond acceptors (Lipinski definition) is 4. The third kappa shape index (κ3) is 5.05. The molecule has 0 aliphatic carbocycles. The fourth-order valence-electron chi connectivity index (χ4n) is 2.77. The molecule has 5 nitrogen and oxygen atoms in total. The predicted molar refractivity (Wildman–Crippen MR) is 109 cm³/mol. The van der Waals surface area contributed by atoms with Crippen molar-refractivity contribution in [2.45, 2.75) is 13.3 Å². The van der Waals surface area contributed by atoms with Gasteiger partial charge in [-0.05, 0) is 43.2 Å². The van der Waals surface area contributed by atoms with Gasteiger partial charge in [0.15, 0.2) is 0 Å². The van der Waals surface area contributed by atoms with E-state index in [-0.39, 0.29) is 5.91 Å². The van der Waals surface area contributed by atoms with Gasteiger partial charge in [0.1, 0.15) is 17.8 Å². The van der Waals surface area contributed by atoms with Crippen LogP contribution in [0.3, 0.4) is 0 Å². The van der Waals surface area contributed by atoms with Crippen LogP contribution in [-0.2, 0) is 6.42 Å². The molecule has 0 saturated heterocycles. The van der Waals surface area contributed by atoms with E-state index < -0.39 is 0 Å². The molecular formula is C21H21ClN4O. The lowest BCUT2D eigenvalue weighted by Crippen LogP contribution is -2.27. The van der Waals surface area contributed by atoms with Crippen LogP contribution in [-0.4, -0.2) is 29.0 Å². The lowest BCUT2D eigenvalue weighted by molar-refractivity contribution is 0.0949. The Hall–Kier alpha value is -2.92. The topological polar surface area (TPSA) is 58.1 Å². The van der Waals surface area contributed by atoms with Crippen LogP contribution in [0, 0.1) is 0 Å². The highest BCUT2D eigenvalue weighted by Crippen LogP contribution is 2.22. The first-order valence-corrected chi connectivity index (χ1v) is 9.22. The number of para-hydroxylation sites is 1. The van der Waals surface area contributed by atoms with Crippen LogP contribution in [0.15, 0.2) is 67.0 Å². The van der Waals surface area contributed by atoms with Crippen LogP contribution in [0.5, 0.6) is 0 Å². The van der Waals surface area contributed by atoms with Gasteiger partial charge in [-0.1, -0.05) is 41.9 Å². The van der Waals surface area contributed by atoms with Crippen molar-refractivity contribution in [2.75, 3.05) is 18.0 Å². The first-order chi connectivity index (χ1) is 13.2. The number of benzene rings is 2. The molecule has 1 aromatic heterocycles. The summed E-state index contributed by atoms with van der Waals surface area (Å²) >= 11 is 5.88. The van der Waals surface area contributed by atoms with Crippen molar-refractivity contribution in [2.24, 2.45) is 0 Å². The molecule has 0 unspecified atom stereocenters. The zero-order valence-electron chi connectivity index (χ0n) is 15.1. The molecule has 27 heavy (non-hydrogen) atoms. The fourth-order valence-corrected chi connectivity index (χ4v) is 2.89. The van der Waals surface area contributed by atoms with Crippen molar-refractivity contribution in [3.05, 3.63) is 83.3 Å². The molecule has 1 N–H and O–H groups in total. The summed E-state index contributed by atoms with van der Waals surface area (Å²) in [6, 6.07) is 19.3. The second kappa shape index (κ2) is 9.14. The van der Waals surface area contributed by atoms with Crippen LogP contribution in [0.2, 0.25) is 5.02 Å². The summed E-state index contributed by atoms with van der Waals surface area (Å²) in [4.78, 5) is 22.9. The summed E-state index contributed by atoms with van der Waals surface area (Å²) in [5, 5.41) is 3.61. The van der Waals surface area contributed by atoms with Crippen LogP contribution < -0.4 is 10.2 Å². The summed E-state index contributed by atoms with van der Waals surface area (Å²) in [6.45, 7) is 3.30. The van der Waals surface area contributed by atoms with E-state index in [1.165, 1.54) is 6.33 Å². The van der Waals surface area contributed by atoms with Gasteiger partial charge in [0, 0.05) is 29.9 Å². The minimum Gasteiger partial charge on any atom is -0.350 e. The molecule has 0 bridgehead atoms. The van der Waals surface area contributed by atoms with E-state index in [1.807, 2.05) is 66.4 Å². The van der Waals surface area contributed by atoms with Crippen molar-refractivity contribution in [3.8, 4) is 0 Å². The van der Waals surface area contributed by atoms with E-state index in [1.54, 1.807) is 6.07 Å². The van der Waals surface area contributed by atoms with Gasteiger partial charge in [-0.3, -0.25) is 4.79 Å².